The average molecular weight is 344 g/mol. The second-order valence-electron chi connectivity index (χ2n) is 7.46. The highest BCUT2D eigenvalue weighted by Crippen LogP contribution is 2.35. The molecule has 1 atom stereocenters. The first kappa shape index (κ1) is 15.7. The van der Waals surface area contributed by atoms with Gasteiger partial charge in [-0.3, -0.25) is 0 Å². The quantitative estimate of drug-likeness (QED) is 0.522. The molecule has 0 saturated carbocycles. The van der Waals surface area contributed by atoms with E-state index in [2.05, 4.69) is 65.3 Å². The highest BCUT2D eigenvalue weighted by Gasteiger charge is 2.20. The van der Waals surface area contributed by atoms with Gasteiger partial charge in [0.05, 0.1) is 0 Å². The molecule has 0 aliphatic carbocycles. The molecule has 0 spiro atoms. The number of likely N-dealkylation sites (tertiary alicyclic amines) is 1. The highest BCUT2D eigenvalue weighted by atomic mass is 16.3. The van der Waals surface area contributed by atoms with Crippen LogP contribution in [0.4, 0.5) is 0 Å². The zero-order chi connectivity index (χ0) is 17.5. The predicted molar refractivity (Wildman–Crippen MR) is 107 cm³/mol. The lowest BCUT2D eigenvalue weighted by atomic mass is 10.0. The summed E-state index contributed by atoms with van der Waals surface area (Å²) in [5.74, 6) is 1.09. The summed E-state index contributed by atoms with van der Waals surface area (Å²) < 4.78 is 6.34. The largest absolute Gasteiger partial charge is 0.460 e. The summed E-state index contributed by atoms with van der Waals surface area (Å²) in [5, 5.41) is 2.43. The van der Waals surface area contributed by atoms with E-state index in [1.54, 1.807) is 0 Å². The summed E-state index contributed by atoms with van der Waals surface area (Å²) >= 11 is 0. The molecule has 2 aromatic carbocycles. The van der Waals surface area contributed by atoms with E-state index in [-0.39, 0.29) is 0 Å². The molecule has 3 heteroatoms. The van der Waals surface area contributed by atoms with Gasteiger partial charge in [-0.2, -0.15) is 0 Å². The Morgan fingerprint density at radius 1 is 1.12 bits per heavy atom. The molecule has 1 N–H and O–H groups in total. The fourth-order valence-corrected chi connectivity index (χ4v) is 4.35. The maximum Gasteiger partial charge on any atom is 0.142 e. The van der Waals surface area contributed by atoms with Crippen molar-refractivity contribution in [3.63, 3.8) is 0 Å². The first-order valence-corrected chi connectivity index (χ1v) is 9.61. The molecule has 2 aromatic heterocycles. The maximum atomic E-state index is 6.34. The van der Waals surface area contributed by atoms with E-state index in [9.17, 15) is 0 Å². The molecule has 3 heterocycles. The molecule has 1 saturated heterocycles. The Morgan fingerprint density at radius 2 is 2.00 bits per heavy atom. The van der Waals surface area contributed by atoms with Crippen molar-refractivity contribution in [3.8, 4) is 11.1 Å². The molecule has 0 unspecified atom stereocenters. The Balaban J connectivity index is 1.51. The molecular weight excluding hydrogens is 320 g/mol. The molecular formula is C23H24N2O. The summed E-state index contributed by atoms with van der Waals surface area (Å²) in [4.78, 5) is 5.88. The van der Waals surface area contributed by atoms with Gasteiger partial charge in [0, 0.05) is 47.1 Å². The van der Waals surface area contributed by atoms with E-state index in [1.807, 2.05) is 6.20 Å². The molecule has 4 aromatic rings. The monoisotopic (exact) mass is 344 g/mol. The van der Waals surface area contributed by atoms with Crippen molar-refractivity contribution in [2.75, 3.05) is 13.1 Å². The van der Waals surface area contributed by atoms with Gasteiger partial charge in [0.15, 0.2) is 0 Å². The Hall–Kier alpha value is -2.52. The number of furan rings is 1. The lowest BCUT2D eigenvalue weighted by Gasteiger charge is -2.19. The Morgan fingerprint density at radius 3 is 2.88 bits per heavy atom. The van der Waals surface area contributed by atoms with Crippen LogP contribution >= 0.6 is 0 Å². The maximum absolute atomic E-state index is 6.34. The van der Waals surface area contributed by atoms with Crippen molar-refractivity contribution >= 4 is 21.9 Å². The first-order chi connectivity index (χ1) is 12.8. The second-order valence-corrected chi connectivity index (χ2v) is 7.46. The van der Waals surface area contributed by atoms with E-state index in [4.69, 9.17) is 4.42 Å². The van der Waals surface area contributed by atoms with Crippen molar-refractivity contribution in [1.82, 2.24) is 9.88 Å². The number of aromatic amines is 1. The minimum absolute atomic E-state index is 0.709. The van der Waals surface area contributed by atoms with Gasteiger partial charge >= 0.3 is 0 Å². The molecule has 0 bridgehead atoms. The van der Waals surface area contributed by atoms with Crippen LogP contribution in [0, 0.1) is 0 Å². The number of hydrogen-bond acceptors (Lipinski definition) is 2. The van der Waals surface area contributed by atoms with Gasteiger partial charge in [-0.1, -0.05) is 30.3 Å². The van der Waals surface area contributed by atoms with Gasteiger partial charge < -0.3 is 14.3 Å². The van der Waals surface area contributed by atoms with Gasteiger partial charge in [0.1, 0.15) is 11.3 Å². The summed E-state index contributed by atoms with van der Waals surface area (Å²) in [5.41, 5.74) is 4.57. The van der Waals surface area contributed by atoms with Crippen LogP contribution in [0.15, 0.2) is 59.1 Å². The molecule has 1 fully saturated rings. The van der Waals surface area contributed by atoms with E-state index >= 15 is 0 Å². The van der Waals surface area contributed by atoms with Crippen LogP contribution in [0.5, 0.6) is 0 Å². The number of fused-ring (bicyclic) bond motifs is 2. The smallest absolute Gasteiger partial charge is 0.142 e. The van der Waals surface area contributed by atoms with E-state index < -0.39 is 0 Å². The summed E-state index contributed by atoms with van der Waals surface area (Å²) in [6.45, 7) is 4.65. The molecule has 1 aliphatic heterocycles. The predicted octanol–water partition coefficient (Wildman–Crippen LogP) is 5.61. The summed E-state index contributed by atoms with van der Waals surface area (Å²) in [6.07, 6.45) is 5.63. The normalized spacial score (nSPS) is 18.3. The fraction of sp³-hybridized carbons (Fsp3) is 0.304. The van der Waals surface area contributed by atoms with E-state index in [0.29, 0.717) is 6.04 Å². The van der Waals surface area contributed by atoms with Crippen LogP contribution in [0.1, 0.15) is 25.5 Å². The van der Waals surface area contributed by atoms with Crippen molar-refractivity contribution in [2.45, 2.75) is 32.2 Å². The van der Waals surface area contributed by atoms with Crippen LogP contribution < -0.4 is 0 Å². The van der Waals surface area contributed by atoms with Gasteiger partial charge in [-0.15, -0.1) is 0 Å². The third-order valence-electron chi connectivity index (χ3n) is 5.82. The van der Waals surface area contributed by atoms with Crippen molar-refractivity contribution < 1.29 is 4.42 Å². The van der Waals surface area contributed by atoms with Crippen LogP contribution in [0.25, 0.3) is 33.0 Å². The van der Waals surface area contributed by atoms with Crippen LogP contribution in [-0.4, -0.2) is 29.0 Å². The van der Waals surface area contributed by atoms with Crippen molar-refractivity contribution in [2.24, 2.45) is 0 Å². The standard InChI is InChI=1S/C23H24N2O/c1-16-5-4-13-25(16)14-11-18-15-17-6-2-8-21(23(17)26-18)19-7-3-9-22-20(19)10-12-24-22/h2-3,6-10,12,15-16,24H,4-5,11,13-14H2,1H3/t16-/m1/s1. The fourth-order valence-electron chi connectivity index (χ4n) is 4.35. The average Bonchev–Trinajstić information content (AvgIpc) is 3.38. The van der Waals surface area contributed by atoms with Gasteiger partial charge in [0.2, 0.25) is 0 Å². The van der Waals surface area contributed by atoms with Crippen LogP contribution in [-0.2, 0) is 6.42 Å². The number of para-hydroxylation sites is 1. The highest BCUT2D eigenvalue weighted by molar-refractivity contribution is 6.02. The third kappa shape index (κ3) is 2.63. The summed E-state index contributed by atoms with van der Waals surface area (Å²) in [6, 6.07) is 17.9. The Kier molecular flexibility index (Phi) is 3.83. The Labute approximate surface area is 153 Å². The molecule has 0 radical (unpaired) electrons. The number of nitrogens with zero attached hydrogens (tertiary/aromatic N) is 1. The van der Waals surface area contributed by atoms with Gasteiger partial charge in [-0.05, 0) is 50.1 Å². The summed E-state index contributed by atoms with van der Waals surface area (Å²) in [7, 11) is 0. The zero-order valence-electron chi connectivity index (χ0n) is 15.2. The van der Waals surface area contributed by atoms with Gasteiger partial charge in [-0.25, -0.2) is 0 Å². The lowest BCUT2D eigenvalue weighted by molar-refractivity contribution is 0.266. The van der Waals surface area contributed by atoms with E-state index in [0.717, 1.165) is 29.8 Å². The van der Waals surface area contributed by atoms with E-state index in [1.165, 1.54) is 41.3 Å². The minimum Gasteiger partial charge on any atom is -0.460 e. The van der Waals surface area contributed by atoms with Crippen LogP contribution in [0.3, 0.4) is 0 Å². The first-order valence-electron chi connectivity index (χ1n) is 9.61. The van der Waals surface area contributed by atoms with Crippen molar-refractivity contribution in [1.29, 1.82) is 0 Å². The minimum atomic E-state index is 0.709. The number of rotatable bonds is 4. The number of aromatic nitrogens is 1. The number of H-pyrrole nitrogens is 1. The van der Waals surface area contributed by atoms with Crippen molar-refractivity contribution in [3.05, 3.63) is 60.5 Å². The lowest BCUT2D eigenvalue weighted by Crippen LogP contribution is -2.28. The molecule has 5 rings (SSSR count). The van der Waals surface area contributed by atoms with Crippen LogP contribution in [0.2, 0.25) is 0 Å². The molecule has 132 valence electrons. The molecule has 1 aliphatic rings. The topological polar surface area (TPSA) is 32.2 Å². The zero-order valence-corrected chi connectivity index (χ0v) is 15.2. The Bertz CT molecular complexity index is 1060. The number of hydrogen-bond donors (Lipinski definition) is 1. The third-order valence-corrected chi connectivity index (χ3v) is 5.82. The molecule has 3 nitrogen and oxygen atoms in total. The molecule has 0 amide bonds. The second kappa shape index (κ2) is 6.33. The SMILES string of the molecule is C[C@@H]1CCCN1CCc1cc2cccc(-c3cccc4[nH]ccc34)c2o1. The number of nitrogens with one attached hydrogen (secondary N) is 1. The van der Waals surface area contributed by atoms with Gasteiger partial charge in [0.25, 0.3) is 0 Å². The molecule has 26 heavy (non-hydrogen) atoms. The number of benzene rings is 2.